The van der Waals surface area contributed by atoms with Gasteiger partial charge in [0.05, 0.1) is 20.3 Å². The smallest absolute Gasteiger partial charge is 0.183 e. The molecule has 1 fully saturated rings. The summed E-state index contributed by atoms with van der Waals surface area (Å²) in [6, 6.07) is 16.6. The van der Waals surface area contributed by atoms with Crippen molar-refractivity contribution in [2.75, 3.05) is 0 Å². The van der Waals surface area contributed by atoms with E-state index in [1.807, 2.05) is 12.2 Å². The van der Waals surface area contributed by atoms with Gasteiger partial charge in [-0.05, 0) is 43.0 Å². The Hall–Kier alpha value is -2.18. The summed E-state index contributed by atoms with van der Waals surface area (Å²) in [6.45, 7) is 2.06. The van der Waals surface area contributed by atoms with Gasteiger partial charge >= 0.3 is 0 Å². The molecule has 0 radical (unpaired) electrons. The van der Waals surface area contributed by atoms with Gasteiger partial charge in [0.1, 0.15) is 0 Å². The van der Waals surface area contributed by atoms with E-state index >= 15 is 0 Å². The van der Waals surface area contributed by atoms with Crippen molar-refractivity contribution in [2.24, 2.45) is 17.3 Å². The van der Waals surface area contributed by atoms with E-state index in [-0.39, 0.29) is 15.7 Å². The highest BCUT2D eigenvalue weighted by molar-refractivity contribution is 7.96. The van der Waals surface area contributed by atoms with Crippen LogP contribution in [-0.2, 0) is 19.7 Å². The second-order valence-electron chi connectivity index (χ2n) is 8.56. The average molecular weight is 441 g/mol. The molecule has 1 saturated carbocycles. The lowest BCUT2D eigenvalue weighted by Gasteiger charge is -2.42. The van der Waals surface area contributed by atoms with Crippen LogP contribution in [0.2, 0.25) is 0 Å². The van der Waals surface area contributed by atoms with Crippen LogP contribution in [0.4, 0.5) is 0 Å². The highest BCUT2D eigenvalue weighted by Gasteiger charge is 2.68. The van der Waals surface area contributed by atoms with Crippen LogP contribution in [0.15, 0.2) is 94.3 Å². The SMILES string of the molecule is C[C@@H]1CCC=C2[C@H]3C=C[C@]21[C@@H](S(=O)(=O)c1ccccc1)[C@@H]3S(=O)(=O)c1ccccc1. The molecular weight excluding hydrogens is 416 g/mol. The molecule has 3 aliphatic carbocycles. The molecule has 0 spiro atoms. The lowest BCUT2D eigenvalue weighted by Crippen LogP contribution is -2.50. The van der Waals surface area contributed by atoms with E-state index in [2.05, 4.69) is 13.0 Å². The highest BCUT2D eigenvalue weighted by Crippen LogP contribution is 2.65. The van der Waals surface area contributed by atoms with Crippen LogP contribution in [-0.4, -0.2) is 27.3 Å². The minimum absolute atomic E-state index is 0.0539. The highest BCUT2D eigenvalue weighted by atomic mass is 32.2. The van der Waals surface area contributed by atoms with E-state index in [1.165, 1.54) is 0 Å². The minimum atomic E-state index is -3.89. The Morgan fingerprint density at radius 3 is 2.00 bits per heavy atom. The topological polar surface area (TPSA) is 68.3 Å². The molecule has 5 atom stereocenters. The van der Waals surface area contributed by atoms with Crippen molar-refractivity contribution >= 4 is 19.7 Å². The molecule has 2 bridgehead atoms. The van der Waals surface area contributed by atoms with E-state index in [4.69, 9.17) is 0 Å². The van der Waals surface area contributed by atoms with Crippen LogP contribution >= 0.6 is 0 Å². The van der Waals surface area contributed by atoms with Gasteiger partial charge < -0.3 is 0 Å². The molecule has 0 aliphatic heterocycles. The monoisotopic (exact) mass is 440 g/mol. The number of benzene rings is 2. The molecule has 4 nitrogen and oxygen atoms in total. The van der Waals surface area contributed by atoms with E-state index in [9.17, 15) is 16.8 Å². The summed E-state index contributed by atoms with van der Waals surface area (Å²) in [5.74, 6) is -0.348. The second-order valence-corrected chi connectivity index (χ2v) is 12.7. The van der Waals surface area contributed by atoms with Crippen LogP contribution in [0, 0.1) is 17.3 Å². The summed E-state index contributed by atoms with van der Waals surface area (Å²) in [5.41, 5.74) is 0.222. The summed E-state index contributed by atoms with van der Waals surface area (Å²) in [5, 5.41) is -2.06. The van der Waals surface area contributed by atoms with Crippen molar-refractivity contribution in [1.29, 1.82) is 0 Å². The lowest BCUT2D eigenvalue weighted by atomic mass is 9.68. The summed E-state index contributed by atoms with van der Waals surface area (Å²) in [7, 11) is -7.76. The number of allylic oxidation sites excluding steroid dienone is 4. The van der Waals surface area contributed by atoms with Gasteiger partial charge in [-0.1, -0.05) is 67.1 Å². The number of hydrogen-bond acceptors (Lipinski definition) is 4. The fourth-order valence-corrected chi connectivity index (χ4v) is 11.1. The number of sulfone groups is 2. The third-order valence-electron chi connectivity index (χ3n) is 7.18. The molecule has 30 heavy (non-hydrogen) atoms. The van der Waals surface area contributed by atoms with Crippen molar-refractivity contribution in [3.8, 4) is 0 Å². The molecule has 2 aromatic rings. The molecule has 0 aromatic heterocycles. The van der Waals surface area contributed by atoms with Gasteiger partial charge in [0.15, 0.2) is 19.7 Å². The molecule has 6 heteroatoms. The van der Waals surface area contributed by atoms with Gasteiger partial charge in [0.25, 0.3) is 0 Å². The Bertz CT molecular complexity index is 1240. The maximum atomic E-state index is 14.0. The number of rotatable bonds is 4. The number of hydrogen-bond donors (Lipinski definition) is 0. The summed E-state index contributed by atoms with van der Waals surface area (Å²) < 4.78 is 55.6. The fourth-order valence-electron chi connectivity index (χ4n) is 5.84. The van der Waals surface area contributed by atoms with Crippen LogP contribution in [0.3, 0.4) is 0 Å². The summed E-state index contributed by atoms with van der Waals surface area (Å²) in [4.78, 5) is 0.376. The van der Waals surface area contributed by atoms with Crippen LogP contribution < -0.4 is 0 Å². The first-order chi connectivity index (χ1) is 14.3. The van der Waals surface area contributed by atoms with Gasteiger partial charge in [0, 0.05) is 11.3 Å². The molecule has 3 aliphatic rings. The predicted molar refractivity (Wildman–Crippen MR) is 116 cm³/mol. The van der Waals surface area contributed by atoms with Crippen molar-refractivity contribution in [3.05, 3.63) is 84.5 Å². The van der Waals surface area contributed by atoms with Crippen molar-refractivity contribution in [1.82, 2.24) is 0 Å². The van der Waals surface area contributed by atoms with Crippen LogP contribution in [0.5, 0.6) is 0 Å². The van der Waals surface area contributed by atoms with Crippen molar-refractivity contribution in [3.63, 3.8) is 0 Å². The zero-order valence-corrected chi connectivity index (χ0v) is 18.3. The van der Waals surface area contributed by atoms with E-state index in [0.717, 1.165) is 18.4 Å². The molecular formula is C24H24O4S2. The average Bonchev–Trinajstić information content (AvgIpc) is 3.29. The minimum Gasteiger partial charge on any atom is -0.223 e. The molecule has 2 aromatic carbocycles. The van der Waals surface area contributed by atoms with Gasteiger partial charge in [-0.15, -0.1) is 0 Å². The van der Waals surface area contributed by atoms with Crippen LogP contribution in [0.1, 0.15) is 19.8 Å². The van der Waals surface area contributed by atoms with E-state index < -0.39 is 41.5 Å². The normalized spacial score (nSPS) is 32.6. The summed E-state index contributed by atoms with van der Waals surface area (Å²) >= 11 is 0. The van der Waals surface area contributed by atoms with Crippen LogP contribution in [0.25, 0.3) is 0 Å². The fraction of sp³-hybridized carbons (Fsp3) is 0.333. The Kier molecular flexibility index (Phi) is 4.39. The third kappa shape index (κ3) is 2.50. The molecule has 0 heterocycles. The molecule has 0 saturated heterocycles. The van der Waals surface area contributed by atoms with Gasteiger partial charge in [-0.2, -0.15) is 0 Å². The first-order valence-corrected chi connectivity index (χ1v) is 13.4. The molecule has 0 amide bonds. The molecule has 0 unspecified atom stereocenters. The Labute approximate surface area is 178 Å². The zero-order chi connectivity index (χ0) is 21.1. The molecule has 5 rings (SSSR count). The maximum Gasteiger partial charge on any atom is 0.183 e. The van der Waals surface area contributed by atoms with Gasteiger partial charge in [-0.25, -0.2) is 16.8 Å². The largest absolute Gasteiger partial charge is 0.223 e. The zero-order valence-electron chi connectivity index (χ0n) is 16.7. The molecule has 156 valence electrons. The maximum absolute atomic E-state index is 14.0. The standard InChI is InChI=1S/C24H24O4S2/c1-17-9-8-14-21-20-15-16-24(17,21)23(30(27,28)19-12-6-3-7-13-19)22(20)29(25,26)18-10-4-2-5-11-18/h2-7,10-17,20,22-23H,8-9H2,1H3/t17-,20-,22-,23+,24-/m1/s1. The Morgan fingerprint density at radius 2 is 1.40 bits per heavy atom. The van der Waals surface area contributed by atoms with Gasteiger partial charge in [0.2, 0.25) is 0 Å². The Balaban J connectivity index is 1.78. The molecule has 0 N–H and O–H groups in total. The predicted octanol–water partition coefficient (Wildman–Crippen LogP) is 4.21. The van der Waals surface area contributed by atoms with E-state index in [0.29, 0.717) is 0 Å². The van der Waals surface area contributed by atoms with Crippen molar-refractivity contribution < 1.29 is 16.8 Å². The van der Waals surface area contributed by atoms with E-state index in [1.54, 1.807) is 60.7 Å². The summed E-state index contributed by atoms with van der Waals surface area (Å²) in [6.07, 6.45) is 7.73. The van der Waals surface area contributed by atoms with Gasteiger partial charge in [-0.3, -0.25) is 0 Å². The Morgan fingerprint density at radius 1 is 0.833 bits per heavy atom. The quantitative estimate of drug-likeness (QED) is 0.668. The first-order valence-electron chi connectivity index (χ1n) is 10.3. The van der Waals surface area contributed by atoms with Crippen molar-refractivity contribution in [2.45, 2.75) is 40.1 Å². The third-order valence-corrected chi connectivity index (χ3v) is 11.8. The second kappa shape index (κ2) is 6.66. The lowest BCUT2D eigenvalue weighted by molar-refractivity contribution is 0.281. The first kappa shape index (κ1) is 19.8.